The van der Waals surface area contributed by atoms with Crippen LogP contribution in [0.3, 0.4) is 0 Å². The summed E-state index contributed by atoms with van der Waals surface area (Å²) in [4.78, 5) is 11.2. The molecule has 0 aliphatic heterocycles. The fraction of sp³-hybridized carbons (Fsp3) is 0.889. The van der Waals surface area contributed by atoms with Gasteiger partial charge in [-0.15, -0.1) is 0 Å². The van der Waals surface area contributed by atoms with Crippen molar-refractivity contribution in [2.75, 3.05) is 0 Å². The highest BCUT2D eigenvalue weighted by Gasteiger charge is 2.24. The van der Waals surface area contributed by atoms with E-state index in [-0.39, 0.29) is 12.1 Å². The maximum Gasteiger partial charge on any atom is 0.307 e. The third-order valence-corrected chi connectivity index (χ3v) is 1.95. The third-order valence-electron chi connectivity index (χ3n) is 1.95. The molecule has 0 aromatic rings. The average molecular weight is 171 g/mol. The Morgan fingerprint density at radius 3 is 2.50 bits per heavy atom. The SMILES string of the molecule is CC(C)(N)CC(=O)OC1CCC1. The van der Waals surface area contributed by atoms with Gasteiger partial charge in [-0.05, 0) is 33.1 Å². The highest BCUT2D eigenvalue weighted by atomic mass is 16.5. The van der Waals surface area contributed by atoms with Gasteiger partial charge in [0, 0.05) is 5.54 Å². The molecule has 1 aliphatic carbocycles. The van der Waals surface area contributed by atoms with Gasteiger partial charge >= 0.3 is 5.97 Å². The molecule has 1 fully saturated rings. The van der Waals surface area contributed by atoms with Crippen LogP contribution in [-0.4, -0.2) is 17.6 Å². The number of carbonyl (C=O) groups excluding carboxylic acids is 1. The number of ether oxygens (including phenoxy) is 1. The van der Waals surface area contributed by atoms with Crippen LogP contribution in [0.1, 0.15) is 39.5 Å². The van der Waals surface area contributed by atoms with Gasteiger partial charge in [-0.2, -0.15) is 0 Å². The Bertz CT molecular complexity index is 168. The van der Waals surface area contributed by atoms with Crippen molar-refractivity contribution in [3.63, 3.8) is 0 Å². The predicted molar refractivity (Wildman–Crippen MR) is 46.6 cm³/mol. The van der Waals surface area contributed by atoms with Crippen molar-refractivity contribution in [1.82, 2.24) is 0 Å². The first-order valence-corrected chi connectivity index (χ1v) is 4.46. The molecule has 0 bridgehead atoms. The highest BCUT2D eigenvalue weighted by molar-refractivity contribution is 5.71. The van der Waals surface area contributed by atoms with E-state index in [2.05, 4.69) is 0 Å². The van der Waals surface area contributed by atoms with Crippen molar-refractivity contribution >= 4 is 5.97 Å². The minimum absolute atomic E-state index is 0.160. The summed E-state index contributed by atoms with van der Waals surface area (Å²) in [5, 5.41) is 0. The van der Waals surface area contributed by atoms with Gasteiger partial charge in [0.1, 0.15) is 6.10 Å². The molecular formula is C9H17NO2. The molecule has 0 unspecified atom stereocenters. The molecule has 0 saturated heterocycles. The zero-order chi connectivity index (χ0) is 9.19. The van der Waals surface area contributed by atoms with Crippen LogP contribution in [0, 0.1) is 0 Å². The topological polar surface area (TPSA) is 52.3 Å². The Morgan fingerprint density at radius 1 is 1.58 bits per heavy atom. The van der Waals surface area contributed by atoms with Gasteiger partial charge in [-0.25, -0.2) is 0 Å². The molecule has 0 atom stereocenters. The molecular weight excluding hydrogens is 154 g/mol. The highest BCUT2D eigenvalue weighted by Crippen LogP contribution is 2.22. The van der Waals surface area contributed by atoms with Crippen molar-refractivity contribution in [1.29, 1.82) is 0 Å². The lowest BCUT2D eigenvalue weighted by atomic mass is 9.96. The van der Waals surface area contributed by atoms with Gasteiger partial charge in [-0.1, -0.05) is 0 Å². The van der Waals surface area contributed by atoms with Crippen LogP contribution in [0.4, 0.5) is 0 Å². The van der Waals surface area contributed by atoms with Crippen molar-refractivity contribution in [3.05, 3.63) is 0 Å². The Labute approximate surface area is 73.3 Å². The first-order valence-electron chi connectivity index (χ1n) is 4.46. The van der Waals surface area contributed by atoms with E-state index in [0.717, 1.165) is 12.8 Å². The second-order valence-electron chi connectivity index (χ2n) is 4.21. The van der Waals surface area contributed by atoms with E-state index in [1.807, 2.05) is 13.8 Å². The second kappa shape index (κ2) is 3.44. The lowest BCUT2D eigenvalue weighted by molar-refractivity contribution is -0.154. The summed E-state index contributed by atoms with van der Waals surface area (Å²) in [6.07, 6.45) is 3.72. The van der Waals surface area contributed by atoms with E-state index in [0.29, 0.717) is 6.42 Å². The molecule has 1 saturated carbocycles. The van der Waals surface area contributed by atoms with Crippen molar-refractivity contribution < 1.29 is 9.53 Å². The van der Waals surface area contributed by atoms with Crippen LogP contribution in [0.15, 0.2) is 0 Å². The van der Waals surface area contributed by atoms with Crippen molar-refractivity contribution in [2.24, 2.45) is 5.73 Å². The van der Waals surface area contributed by atoms with E-state index in [1.165, 1.54) is 6.42 Å². The van der Waals surface area contributed by atoms with Gasteiger partial charge in [0.15, 0.2) is 0 Å². The smallest absolute Gasteiger partial charge is 0.307 e. The van der Waals surface area contributed by atoms with E-state index < -0.39 is 5.54 Å². The molecule has 12 heavy (non-hydrogen) atoms. The molecule has 0 aromatic heterocycles. The second-order valence-corrected chi connectivity index (χ2v) is 4.21. The van der Waals surface area contributed by atoms with Crippen LogP contribution in [0.2, 0.25) is 0 Å². The van der Waals surface area contributed by atoms with Gasteiger partial charge in [-0.3, -0.25) is 4.79 Å². The molecule has 3 nitrogen and oxygen atoms in total. The number of hydrogen-bond acceptors (Lipinski definition) is 3. The Morgan fingerprint density at radius 2 is 2.17 bits per heavy atom. The molecule has 70 valence electrons. The Hall–Kier alpha value is -0.570. The summed E-state index contributed by atoms with van der Waals surface area (Å²) in [5.74, 6) is -0.160. The quantitative estimate of drug-likeness (QED) is 0.649. The fourth-order valence-electron chi connectivity index (χ4n) is 1.09. The molecule has 1 rings (SSSR count). The minimum Gasteiger partial charge on any atom is -0.462 e. The lowest BCUT2D eigenvalue weighted by Crippen LogP contribution is -2.37. The summed E-state index contributed by atoms with van der Waals surface area (Å²) in [6, 6.07) is 0. The van der Waals surface area contributed by atoms with Crippen LogP contribution in [0.25, 0.3) is 0 Å². The lowest BCUT2D eigenvalue weighted by Gasteiger charge is -2.26. The number of rotatable bonds is 3. The molecule has 0 aromatic carbocycles. The summed E-state index contributed by atoms with van der Waals surface area (Å²) in [5.41, 5.74) is 5.23. The van der Waals surface area contributed by atoms with E-state index in [1.54, 1.807) is 0 Å². The summed E-state index contributed by atoms with van der Waals surface area (Å²) in [7, 11) is 0. The molecule has 0 spiro atoms. The first kappa shape index (κ1) is 9.52. The van der Waals surface area contributed by atoms with Crippen LogP contribution >= 0.6 is 0 Å². The third kappa shape index (κ3) is 3.22. The fourth-order valence-corrected chi connectivity index (χ4v) is 1.09. The number of nitrogens with two attached hydrogens (primary N) is 1. The molecule has 2 N–H and O–H groups in total. The maximum atomic E-state index is 11.2. The number of esters is 1. The van der Waals surface area contributed by atoms with E-state index in [4.69, 9.17) is 10.5 Å². The average Bonchev–Trinajstić information content (AvgIpc) is 1.74. The van der Waals surface area contributed by atoms with Crippen molar-refractivity contribution in [2.45, 2.75) is 51.2 Å². The molecule has 0 amide bonds. The molecule has 3 heteroatoms. The largest absolute Gasteiger partial charge is 0.462 e. The number of carbonyl (C=O) groups is 1. The summed E-state index contributed by atoms with van der Waals surface area (Å²) < 4.78 is 5.14. The van der Waals surface area contributed by atoms with Gasteiger partial charge in [0.25, 0.3) is 0 Å². The minimum atomic E-state index is -0.444. The van der Waals surface area contributed by atoms with Crippen LogP contribution in [0.5, 0.6) is 0 Å². The van der Waals surface area contributed by atoms with Crippen LogP contribution < -0.4 is 5.73 Å². The zero-order valence-electron chi connectivity index (χ0n) is 7.80. The standard InChI is InChI=1S/C9H17NO2/c1-9(2,10)6-8(11)12-7-4-3-5-7/h7H,3-6,10H2,1-2H3. The molecule has 0 heterocycles. The van der Waals surface area contributed by atoms with Gasteiger partial charge in [0.05, 0.1) is 6.42 Å². The predicted octanol–water partition coefficient (Wildman–Crippen LogP) is 1.21. The zero-order valence-corrected chi connectivity index (χ0v) is 7.80. The molecule has 0 radical (unpaired) electrons. The number of hydrogen-bond donors (Lipinski definition) is 1. The van der Waals surface area contributed by atoms with E-state index in [9.17, 15) is 4.79 Å². The molecule has 1 aliphatic rings. The normalized spacial score (nSPS) is 18.6. The summed E-state index contributed by atoms with van der Waals surface area (Å²) in [6.45, 7) is 3.66. The van der Waals surface area contributed by atoms with E-state index >= 15 is 0 Å². The van der Waals surface area contributed by atoms with Gasteiger partial charge in [0.2, 0.25) is 0 Å². The van der Waals surface area contributed by atoms with Crippen LogP contribution in [-0.2, 0) is 9.53 Å². The Balaban J connectivity index is 2.19. The van der Waals surface area contributed by atoms with Gasteiger partial charge < -0.3 is 10.5 Å². The first-order chi connectivity index (χ1) is 5.47. The summed E-state index contributed by atoms with van der Waals surface area (Å²) >= 11 is 0. The maximum absolute atomic E-state index is 11.2. The Kier molecular flexibility index (Phi) is 2.73. The monoisotopic (exact) mass is 171 g/mol. The van der Waals surface area contributed by atoms with Crippen molar-refractivity contribution in [3.8, 4) is 0 Å².